The van der Waals surface area contributed by atoms with Crippen LogP contribution in [0, 0.1) is 13.8 Å². The van der Waals surface area contributed by atoms with Gasteiger partial charge in [-0.1, -0.05) is 168 Å². The maximum atomic E-state index is 2.43. The molecule has 53 heavy (non-hydrogen) atoms. The van der Waals surface area contributed by atoms with E-state index in [2.05, 4.69) is 86.0 Å². The molecule has 0 radical (unpaired) electrons. The summed E-state index contributed by atoms with van der Waals surface area (Å²) in [5, 5.41) is 0. The average molecular weight is 809 g/mol. The first-order valence-corrected chi connectivity index (χ1v) is 26.3. The van der Waals surface area contributed by atoms with E-state index >= 15 is 0 Å². The molecule has 0 saturated carbocycles. The molecule has 0 amide bonds. The molecular weight excluding hydrogens is 737 g/mol. The van der Waals surface area contributed by atoms with Gasteiger partial charge in [-0.2, -0.15) is 0 Å². The van der Waals surface area contributed by atoms with Gasteiger partial charge < -0.3 is 0 Å². The Bertz CT molecular complexity index is 1700. The number of rotatable bonds is 30. The minimum Gasteiger partial charge on any atom is -0.140 e. The molecule has 5 rings (SSSR count). The van der Waals surface area contributed by atoms with Crippen LogP contribution >= 0.6 is 56.7 Å². The molecular formula is C48H72S5. The Labute approximate surface area is 345 Å². The third-order valence-electron chi connectivity index (χ3n) is 11.4. The lowest BCUT2D eigenvalue weighted by atomic mass is 10.0. The van der Waals surface area contributed by atoms with E-state index < -0.39 is 0 Å². The van der Waals surface area contributed by atoms with Crippen LogP contribution in [0.1, 0.15) is 202 Å². The Balaban J connectivity index is 1.15. The molecule has 0 aliphatic carbocycles. The molecule has 0 fully saturated rings. The van der Waals surface area contributed by atoms with E-state index in [0.717, 1.165) is 0 Å². The summed E-state index contributed by atoms with van der Waals surface area (Å²) in [6.45, 7) is 9.25. The summed E-state index contributed by atoms with van der Waals surface area (Å²) in [5.74, 6) is 0. The predicted molar refractivity (Wildman–Crippen MR) is 250 cm³/mol. The van der Waals surface area contributed by atoms with Gasteiger partial charge in [0.05, 0.1) is 18.8 Å². The zero-order valence-electron chi connectivity index (χ0n) is 34.1. The van der Waals surface area contributed by atoms with Crippen LogP contribution in [0.4, 0.5) is 0 Å². The van der Waals surface area contributed by atoms with Crippen LogP contribution in [-0.4, -0.2) is 0 Å². The first-order valence-electron chi connectivity index (χ1n) is 22.2. The molecule has 0 spiro atoms. The van der Waals surface area contributed by atoms with E-state index in [1.807, 2.05) is 22.7 Å². The molecule has 0 bridgehead atoms. The fraction of sp³-hybridized carbons (Fsp3) is 0.667. The molecule has 5 aromatic heterocycles. The number of aryl methyl sites for hydroxylation is 4. The Morgan fingerprint density at radius 3 is 1.23 bits per heavy atom. The lowest BCUT2D eigenvalue weighted by Gasteiger charge is -2.05. The van der Waals surface area contributed by atoms with Crippen LogP contribution < -0.4 is 0 Å². The number of hydrogen-bond acceptors (Lipinski definition) is 5. The highest BCUT2D eigenvalue weighted by molar-refractivity contribution is 7.40. The van der Waals surface area contributed by atoms with E-state index in [1.54, 1.807) is 39.7 Å². The molecule has 294 valence electrons. The summed E-state index contributed by atoms with van der Waals surface area (Å²) in [6.07, 6.45) is 39.5. The van der Waals surface area contributed by atoms with Gasteiger partial charge in [0.25, 0.3) is 0 Å². The Morgan fingerprint density at radius 2 is 0.736 bits per heavy atom. The van der Waals surface area contributed by atoms with Crippen LogP contribution in [0.15, 0.2) is 24.3 Å². The van der Waals surface area contributed by atoms with Crippen LogP contribution in [-0.2, 0) is 12.8 Å². The van der Waals surface area contributed by atoms with Gasteiger partial charge in [-0.3, -0.25) is 0 Å². The van der Waals surface area contributed by atoms with Crippen molar-refractivity contribution in [3.63, 3.8) is 0 Å². The molecule has 0 atom stereocenters. The Hall–Kier alpha value is -0.980. The monoisotopic (exact) mass is 808 g/mol. The predicted octanol–water partition coefficient (Wildman–Crippen LogP) is 19.5. The molecule has 0 unspecified atom stereocenters. The second-order valence-electron chi connectivity index (χ2n) is 16.0. The van der Waals surface area contributed by atoms with Crippen molar-refractivity contribution in [1.82, 2.24) is 0 Å². The number of fused-ring (bicyclic) bond motifs is 3. The van der Waals surface area contributed by atoms with Gasteiger partial charge in [-0.05, 0) is 74.9 Å². The smallest absolute Gasteiger partial charge is 0.0639 e. The molecule has 0 aromatic carbocycles. The summed E-state index contributed by atoms with van der Waals surface area (Å²) in [7, 11) is 0. The highest BCUT2D eigenvalue weighted by Gasteiger charge is 2.23. The number of unbranched alkanes of at least 4 members (excludes halogenated alkanes) is 24. The van der Waals surface area contributed by atoms with Gasteiger partial charge in [0.1, 0.15) is 0 Å². The van der Waals surface area contributed by atoms with Crippen molar-refractivity contribution in [2.45, 2.75) is 207 Å². The van der Waals surface area contributed by atoms with Gasteiger partial charge >= 0.3 is 0 Å². The fourth-order valence-corrected chi connectivity index (χ4v) is 14.8. The fourth-order valence-electron chi connectivity index (χ4n) is 8.14. The first kappa shape index (κ1) is 43.1. The van der Waals surface area contributed by atoms with E-state index in [-0.39, 0.29) is 0 Å². The summed E-state index contributed by atoms with van der Waals surface area (Å²) in [6, 6.07) is 9.39. The third kappa shape index (κ3) is 13.6. The van der Waals surface area contributed by atoms with Crippen LogP contribution in [0.3, 0.4) is 0 Å². The van der Waals surface area contributed by atoms with E-state index in [1.165, 1.54) is 199 Å². The standard InChI is InChI=1S/C48H72S5/c1-5-7-9-11-13-15-17-19-21-23-25-27-29-31-39-38(4)50-47-45(39)53-46-40(32-30-28-26-24-22-20-18-16-14-12-10-8-6-2)44(52-48(46)47)43-36-35-42(51-43)41-34-33-37(3)49-41/h33-36H,5-32H2,1-4H3. The van der Waals surface area contributed by atoms with Crippen molar-refractivity contribution in [1.29, 1.82) is 0 Å². The van der Waals surface area contributed by atoms with E-state index in [0.29, 0.717) is 0 Å². The highest BCUT2D eigenvalue weighted by Crippen LogP contribution is 2.52. The van der Waals surface area contributed by atoms with Gasteiger partial charge in [-0.15, -0.1) is 56.7 Å². The van der Waals surface area contributed by atoms with Gasteiger partial charge in [0, 0.05) is 29.3 Å². The van der Waals surface area contributed by atoms with Gasteiger partial charge in [0.15, 0.2) is 0 Å². The Kier molecular flexibility index (Phi) is 20.0. The van der Waals surface area contributed by atoms with Crippen molar-refractivity contribution in [3.05, 3.63) is 45.1 Å². The lowest BCUT2D eigenvalue weighted by molar-refractivity contribution is 0.539. The van der Waals surface area contributed by atoms with E-state index in [9.17, 15) is 0 Å². The van der Waals surface area contributed by atoms with Crippen molar-refractivity contribution in [2.75, 3.05) is 0 Å². The largest absolute Gasteiger partial charge is 0.140 e. The van der Waals surface area contributed by atoms with Crippen molar-refractivity contribution in [3.8, 4) is 19.5 Å². The first-order chi connectivity index (χ1) is 26.1. The van der Waals surface area contributed by atoms with E-state index in [4.69, 9.17) is 0 Å². The molecule has 0 saturated heterocycles. The van der Waals surface area contributed by atoms with Crippen LogP contribution in [0.2, 0.25) is 0 Å². The molecule has 0 N–H and O–H groups in total. The normalized spacial score (nSPS) is 12.0. The van der Waals surface area contributed by atoms with Crippen molar-refractivity contribution < 1.29 is 0 Å². The SMILES string of the molecule is CCCCCCCCCCCCCCCc1c(C)sc2c1sc1c(CCCCCCCCCCCCCCC)c(-c3ccc(-c4ccc(C)s4)s3)sc12. The number of hydrogen-bond donors (Lipinski definition) is 0. The molecule has 5 heteroatoms. The molecule has 0 aliphatic rings. The molecule has 5 heterocycles. The lowest BCUT2D eigenvalue weighted by Crippen LogP contribution is -1.88. The maximum absolute atomic E-state index is 2.43. The zero-order chi connectivity index (χ0) is 37.1. The average Bonchev–Trinajstić information content (AvgIpc) is 3.99. The molecule has 0 aliphatic heterocycles. The number of thiophene rings is 5. The second-order valence-corrected chi connectivity index (χ2v) is 21.7. The molecule has 0 nitrogen and oxygen atoms in total. The molecule has 5 aromatic rings. The minimum absolute atomic E-state index is 1.24. The van der Waals surface area contributed by atoms with Gasteiger partial charge in [0.2, 0.25) is 0 Å². The summed E-state index contributed by atoms with van der Waals surface area (Å²) in [4.78, 5) is 8.88. The van der Waals surface area contributed by atoms with Crippen molar-refractivity contribution >= 4 is 75.5 Å². The quantitative estimate of drug-likeness (QED) is 0.0405. The highest BCUT2D eigenvalue weighted by atomic mass is 32.1. The van der Waals surface area contributed by atoms with Crippen LogP contribution in [0.5, 0.6) is 0 Å². The Morgan fingerprint density at radius 1 is 0.340 bits per heavy atom. The maximum Gasteiger partial charge on any atom is 0.0639 e. The topological polar surface area (TPSA) is 0 Å². The van der Waals surface area contributed by atoms with Gasteiger partial charge in [-0.25, -0.2) is 0 Å². The second kappa shape index (κ2) is 24.6. The zero-order valence-corrected chi connectivity index (χ0v) is 38.2. The van der Waals surface area contributed by atoms with Crippen molar-refractivity contribution in [2.24, 2.45) is 0 Å². The summed E-state index contributed by atoms with van der Waals surface area (Å²) < 4.78 is 6.45. The minimum atomic E-state index is 1.24. The summed E-state index contributed by atoms with van der Waals surface area (Å²) >= 11 is 10.3. The summed E-state index contributed by atoms with van der Waals surface area (Å²) in [5.41, 5.74) is 3.35. The van der Waals surface area contributed by atoms with Crippen LogP contribution in [0.25, 0.3) is 38.3 Å². The third-order valence-corrected chi connectivity index (χ3v) is 18.0.